The number of aliphatic hydroxyl groups excluding tert-OH is 11. The fourth-order valence-electron chi connectivity index (χ4n) is 13.4. The lowest BCUT2D eigenvalue weighted by Gasteiger charge is -2.48. The highest BCUT2D eigenvalue weighted by Gasteiger charge is 2.54. The lowest BCUT2D eigenvalue weighted by atomic mass is 9.96. The summed E-state index contributed by atoms with van der Waals surface area (Å²) in [5.74, 6) is -0.309. The molecular formula is C92H153NO18. The van der Waals surface area contributed by atoms with Crippen molar-refractivity contribution in [3.05, 3.63) is 158 Å². The minimum absolute atomic E-state index is 0.204. The summed E-state index contributed by atoms with van der Waals surface area (Å²) in [7, 11) is 0. The minimum Gasteiger partial charge on any atom is -0.394 e. The lowest BCUT2D eigenvalue weighted by molar-refractivity contribution is -0.379. The zero-order valence-electron chi connectivity index (χ0n) is 68.1. The second-order valence-electron chi connectivity index (χ2n) is 29.9. The largest absolute Gasteiger partial charge is 0.394 e. The molecule has 0 aromatic carbocycles. The summed E-state index contributed by atoms with van der Waals surface area (Å²) in [6, 6.07) is -1.02. The Morgan fingerprint density at radius 3 is 1.01 bits per heavy atom. The molecule has 3 fully saturated rings. The van der Waals surface area contributed by atoms with Crippen molar-refractivity contribution in [3.8, 4) is 0 Å². The first-order valence-corrected chi connectivity index (χ1v) is 43.2. The molecule has 0 saturated carbocycles. The van der Waals surface area contributed by atoms with E-state index in [-0.39, 0.29) is 18.9 Å². The van der Waals surface area contributed by atoms with Crippen molar-refractivity contribution in [2.75, 3.05) is 26.4 Å². The van der Waals surface area contributed by atoms with Gasteiger partial charge < -0.3 is 89.9 Å². The van der Waals surface area contributed by atoms with Crippen LogP contribution in [-0.2, 0) is 33.2 Å². The predicted molar refractivity (Wildman–Crippen MR) is 447 cm³/mol. The summed E-state index contributed by atoms with van der Waals surface area (Å²) in [5, 5.41) is 121. The van der Waals surface area contributed by atoms with Crippen LogP contribution in [0.1, 0.15) is 284 Å². The maximum absolute atomic E-state index is 13.5. The molecule has 12 N–H and O–H groups in total. The van der Waals surface area contributed by atoms with Gasteiger partial charge in [0.2, 0.25) is 5.91 Å². The van der Waals surface area contributed by atoms with E-state index in [1.165, 1.54) is 122 Å². The molecule has 0 radical (unpaired) electrons. The van der Waals surface area contributed by atoms with Gasteiger partial charge in [0.25, 0.3) is 0 Å². The van der Waals surface area contributed by atoms with Crippen molar-refractivity contribution in [1.82, 2.24) is 5.32 Å². The van der Waals surface area contributed by atoms with E-state index in [1.807, 2.05) is 6.08 Å². The Bertz CT molecular complexity index is 2620. The SMILES string of the molecule is CC/C=C\C/C=C\C/C=C\C/C=C\C/C=C\C/C=C\C/C=C\C/C=C\C/C=C\C/C=C\CCCCCCCCC(=O)NC(COC1OC(CO)C(OC2OC(CO)C(OC3OC(CO)C(O)C(O)C3O)C(O)C2O)C(O)C1O)C(O)/C=C/CC/C=C/CC/C=C/CCCCCCCCCCCCCCCCCCCCC. The van der Waals surface area contributed by atoms with Crippen molar-refractivity contribution < 1.29 is 89.4 Å². The molecule has 0 aliphatic carbocycles. The fourth-order valence-corrected chi connectivity index (χ4v) is 13.4. The average molecular weight is 1560 g/mol. The van der Waals surface area contributed by atoms with E-state index in [4.69, 9.17) is 28.4 Å². The summed E-state index contributed by atoms with van der Waals surface area (Å²) >= 11 is 0. The summed E-state index contributed by atoms with van der Waals surface area (Å²) in [4.78, 5) is 13.5. The third-order valence-corrected chi connectivity index (χ3v) is 20.3. The van der Waals surface area contributed by atoms with E-state index in [2.05, 4.69) is 165 Å². The maximum Gasteiger partial charge on any atom is 0.220 e. The molecule has 0 aromatic heterocycles. The quantitative estimate of drug-likeness (QED) is 0.0199. The number of amides is 1. The highest BCUT2D eigenvalue weighted by molar-refractivity contribution is 5.76. The van der Waals surface area contributed by atoms with Crippen molar-refractivity contribution in [3.63, 3.8) is 0 Å². The van der Waals surface area contributed by atoms with Crippen LogP contribution < -0.4 is 5.32 Å². The molecule has 3 heterocycles. The van der Waals surface area contributed by atoms with Gasteiger partial charge >= 0.3 is 0 Å². The van der Waals surface area contributed by atoms with Crippen LogP contribution in [0.2, 0.25) is 0 Å². The molecule has 17 atom stereocenters. The van der Waals surface area contributed by atoms with Crippen molar-refractivity contribution >= 4 is 5.91 Å². The molecule has 17 unspecified atom stereocenters. The zero-order valence-corrected chi connectivity index (χ0v) is 68.1. The molecule has 19 nitrogen and oxygen atoms in total. The minimum atomic E-state index is -1.99. The van der Waals surface area contributed by atoms with Gasteiger partial charge in [-0.2, -0.15) is 0 Å². The highest BCUT2D eigenvalue weighted by atomic mass is 16.8. The topological polar surface area (TPSA) is 307 Å². The molecule has 111 heavy (non-hydrogen) atoms. The molecule has 0 bridgehead atoms. The number of carbonyl (C=O) groups is 1. The summed E-state index contributed by atoms with van der Waals surface area (Å²) in [6.45, 7) is 1.59. The Labute approximate surface area is 669 Å². The van der Waals surface area contributed by atoms with Crippen LogP contribution in [-0.4, -0.2) is 193 Å². The van der Waals surface area contributed by atoms with Crippen LogP contribution in [0.3, 0.4) is 0 Å². The van der Waals surface area contributed by atoms with Gasteiger partial charge in [-0.1, -0.05) is 313 Å². The predicted octanol–water partition coefficient (Wildman–Crippen LogP) is 16.0. The zero-order chi connectivity index (χ0) is 80.3. The van der Waals surface area contributed by atoms with Crippen molar-refractivity contribution in [1.29, 1.82) is 0 Å². The Hall–Kier alpha value is -4.59. The second-order valence-corrected chi connectivity index (χ2v) is 29.9. The van der Waals surface area contributed by atoms with Gasteiger partial charge in [0.05, 0.1) is 38.6 Å². The van der Waals surface area contributed by atoms with Crippen molar-refractivity contribution in [2.45, 2.75) is 388 Å². The summed E-state index contributed by atoms with van der Waals surface area (Å²) in [6.07, 6.45) is 76.6. The first kappa shape index (κ1) is 101. The van der Waals surface area contributed by atoms with Gasteiger partial charge in [0, 0.05) is 6.42 Å². The van der Waals surface area contributed by atoms with Gasteiger partial charge in [-0.15, -0.1) is 0 Å². The number of aliphatic hydroxyl groups is 11. The Balaban J connectivity index is 1.38. The molecule has 0 aromatic rings. The van der Waals surface area contributed by atoms with Crippen molar-refractivity contribution in [2.24, 2.45) is 0 Å². The summed E-state index contributed by atoms with van der Waals surface area (Å²) in [5.41, 5.74) is 0. The average Bonchev–Trinajstić information content (AvgIpc) is 0.779. The smallest absolute Gasteiger partial charge is 0.220 e. The monoisotopic (exact) mass is 1560 g/mol. The van der Waals surface area contributed by atoms with Crippen LogP contribution in [0.25, 0.3) is 0 Å². The number of carbonyl (C=O) groups excluding carboxylic acids is 1. The standard InChI is InChI=1S/C92H153NO18/c1-3-5-7-9-11-13-15-17-19-21-23-25-27-29-31-33-34-35-36-37-38-39-40-42-44-46-48-50-52-54-56-58-60-62-64-66-68-70-80(98)93-75(76(97)69-67-65-63-61-59-57-55-53-51-49-47-45-43-41-32-30-28-26-24-22-20-18-16-14-12-10-8-6-4-2)74-106-90-86(104)83(101)88(78(72-95)108-90)111-92-87(105)84(102)89(79(73-96)109-92)110-91-85(103)82(100)81(99)77(71-94)107-91/h5,7,11,13,17,19,23,25,29,31,34-35,37-38,40,42,46,48,51-54,59,61,67,69,75-79,81-92,94-97,99-105H,3-4,6,8-10,12,14-16,18,20-22,24,26-28,30,32-33,36,39,41,43-45,47,49-50,55-58,60,62-66,68,70-74H2,1-2H3,(H,93,98)/b7-5-,13-11-,19-17-,25-23-,31-29-,35-34-,38-37-,42-40-,48-46-,53-51+,54-52-,61-59+,69-67+. The molecule has 3 rings (SSSR count). The normalized spacial score (nSPS) is 25.9. The van der Waals surface area contributed by atoms with Crippen LogP contribution in [0.15, 0.2) is 158 Å². The number of nitrogens with one attached hydrogen (secondary N) is 1. The van der Waals surface area contributed by atoms with E-state index in [0.29, 0.717) is 12.8 Å². The molecule has 3 aliphatic heterocycles. The fraction of sp³-hybridized carbons (Fsp3) is 0.707. The molecule has 3 saturated heterocycles. The number of hydrogen-bond acceptors (Lipinski definition) is 18. The Morgan fingerprint density at radius 1 is 0.333 bits per heavy atom. The van der Waals surface area contributed by atoms with Crippen LogP contribution in [0.5, 0.6) is 0 Å². The van der Waals surface area contributed by atoms with E-state index >= 15 is 0 Å². The molecule has 3 aliphatic rings. The first-order chi connectivity index (χ1) is 54.3. The third kappa shape index (κ3) is 48.5. The maximum atomic E-state index is 13.5. The van der Waals surface area contributed by atoms with Crippen LogP contribution in [0, 0.1) is 0 Å². The van der Waals surface area contributed by atoms with Gasteiger partial charge in [-0.3, -0.25) is 4.79 Å². The van der Waals surface area contributed by atoms with E-state index in [9.17, 15) is 61.0 Å². The molecule has 634 valence electrons. The number of rotatable bonds is 67. The molecule has 1 amide bonds. The van der Waals surface area contributed by atoms with Gasteiger partial charge in [0.1, 0.15) is 73.2 Å². The van der Waals surface area contributed by atoms with E-state index < -0.39 is 124 Å². The van der Waals surface area contributed by atoms with E-state index in [1.54, 1.807) is 6.08 Å². The number of hydrogen-bond donors (Lipinski definition) is 12. The van der Waals surface area contributed by atoms with Gasteiger partial charge in [-0.25, -0.2) is 0 Å². The Morgan fingerprint density at radius 2 is 0.631 bits per heavy atom. The first-order valence-electron chi connectivity index (χ1n) is 43.2. The number of ether oxygens (including phenoxy) is 6. The Kier molecular flexibility index (Phi) is 63.2. The summed E-state index contributed by atoms with van der Waals surface area (Å²) < 4.78 is 34.4. The highest BCUT2D eigenvalue weighted by Crippen LogP contribution is 2.33. The van der Waals surface area contributed by atoms with Gasteiger partial charge in [-0.05, 0) is 122 Å². The molecular weight excluding hydrogens is 1410 g/mol. The number of allylic oxidation sites excluding steroid dienone is 25. The van der Waals surface area contributed by atoms with Gasteiger partial charge in [0.15, 0.2) is 18.9 Å². The lowest BCUT2D eigenvalue weighted by Crippen LogP contribution is -2.66. The molecule has 19 heteroatoms. The van der Waals surface area contributed by atoms with Crippen LogP contribution >= 0.6 is 0 Å². The van der Waals surface area contributed by atoms with Crippen LogP contribution in [0.4, 0.5) is 0 Å². The molecule has 0 spiro atoms. The van der Waals surface area contributed by atoms with E-state index in [0.717, 1.165) is 128 Å². The number of unbranched alkanes of at least 4 members (excludes halogenated alkanes) is 27. The third-order valence-electron chi connectivity index (χ3n) is 20.3. The second kappa shape index (κ2) is 69.7.